The maximum Gasteiger partial charge on any atom is 0.414 e. The highest BCUT2D eigenvalue weighted by Crippen LogP contribution is 2.27. The van der Waals surface area contributed by atoms with Crippen LogP contribution in [0.15, 0.2) is 42.5 Å². The zero-order valence-electron chi connectivity index (χ0n) is 15.9. The van der Waals surface area contributed by atoms with Crippen molar-refractivity contribution in [3.8, 4) is 17.2 Å². The van der Waals surface area contributed by atoms with Gasteiger partial charge < -0.3 is 35.6 Å². The fourth-order valence-electron chi connectivity index (χ4n) is 2.31. The van der Waals surface area contributed by atoms with E-state index in [2.05, 4.69) is 5.32 Å². The summed E-state index contributed by atoms with van der Waals surface area (Å²) in [4.78, 5) is 18.2. The molecule has 0 amide bonds. The zero-order valence-corrected chi connectivity index (χ0v) is 15.9. The number of benzene rings is 2. The first-order chi connectivity index (χ1) is 13.7. The van der Waals surface area contributed by atoms with Crippen molar-refractivity contribution in [2.24, 2.45) is 0 Å². The molecule has 29 heavy (non-hydrogen) atoms. The highest BCUT2D eigenvalue weighted by Gasteiger charge is 2.09. The Bertz CT molecular complexity index is 780. The number of hydrogen-bond acceptors (Lipinski definition) is 7. The van der Waals surface area contributed by atoms with Crippen LogP contribution in [-0.4, -0.2) is 57.7 Å². The van der Waals surface area contributed by atoms with Gasteiger partial charge in [-0.05, 0) is 54.8 Å². The summed E-state index contributed by atoms with van der Waals surface area (Å²) >= 11 is 0. The topological polar surface area (TPSA) is 157 Å². The molecular weight excluding hydrogens is 382 g/mol. The van der Waals surface area contributed by atoms with Crippen molar-refractivity contribution in [3.63, 3.8) is 0 Å². The summed E-state index contributed by atoms with van der Waals surface area (Å²) in [5, 5.41) is 46.7. The van der Waals surface area contributed by atoms with Gasteiger partial charge in [-0.15, -0.1) is 0 Å². The predicted molar refractivity (Wildman–Crippen MR) is 104 cm³/mol. The van der Waals surface area contributed by atoms with Gasteiger partial charge in [0.05, 0.1) is 13.2 Å². The number of aliphatic carboxylic acids is 2. The Labute approximate surface area is 167 Å². The number of ether oxygens (including phenoxy) is 1. The Hall–Kier alpha value is -3.30. The molecule has 0 aliphatic rings. The van der Waals surface area contributed by atoms with Crippen molar-refractivity contribution in [2.45, 2.75) is 18.9 Å². The molecule has 2 aromatic carbocycles. The minimum atomic E-state index is -1.82. The van der Waals surface area contributed by atoms with Gasteiger partial charge in [0, 0.05) is 6.54 Å². The first-order valence-corrected chi connectivity index (χ1v) is 8.74. The summed E-state index contributed by atoms with van der Waals surface area (Å²) in [5.74, 6) is -3.20. The van der Waals surface area contributed by atoms with Gasteiger partial charge in [0.2, 0.25) is 0 Å². The number of carboxylic acids is 2. The maximum absolute atomic E-state index is 10.0. The molecule has 0 unspecified atom stereocenters. The lowest BCUT2D eigenvalue weighted by Gasteiger charge is -2.13. The molecule has 9 nitrogen and oxygen atoms in total. The van der Waals surface area contributed by atoms with Gasteiger partial charge in [0.15, 0.2) is 11.5 Å². The van der Waals surface area contributed by atoms with E-state index in [1.54, 1.807) is 13.2 Å². The van der Waals surface area contributed by atoms with Crippen LogP contribution in [0.4, 0.5) is 0 Å². The molecule has 0 aromatic heterocycles. The number of rotatable bonds is 8. The van der Waals surface area contributed by atoms with Crippen LogP contribution in [0, 0.1) is 0 Å². The molecule has 9 heteroatoms. The van der Waals surface area contributed by atoms with E-state index in [1.807, 2.05) is 24.3 Å². The van der Waals surface area contributed by atoms with E-state index in [0.717, 1.165) is 25.1 Å². The normalized spacial score (nSPS) is 11.1. The lowest BCUT2D eigenvalue weighted by Crippen LogP contribution is -2.22. The predicted octanol–water partition coefficient (Wildman–Crippen LogP) is 1.52. The first kappa shape index (κ1) is 23.7. The van der Waals surface area contributed by atoms with Crippen LogP contribution in [0.3, 0.4) is 0 Å². The summed E-state index contributed by atoms with van der Waals surface area (Å²) in [6, 6.07) is 12.3. The van der Waals surface area contributed by atoms with E-state index in [-0.39, 0.29) is 11.5 Å². The molecule has 0 aliphatic heterocycles. The Morgan fingerprint density at radius 2 is 1.62 bits per heavy atom. The number of nitrogens with one attached hydrogen (secondary N) is 1. The van der Waals surface area contributed by atoms with E-state index in [4.69, 9.17) is 24.5 Å². The molecule has 2 aromatic rings. The number of phenols is 2. The summed E-state index contributed by atoms with van der Waals surface area (Å²) in [5.41, 5.74) is 1.82. The van der Waals surface area contributed by atoms with Gasteiger partial charge in [0.1, 0.15) is 5.75 Å². The summed E-state index contributed by atoms with van der Waals surface area (Å²) in [7, 11) is 1.65. The van der Waals surface area contributed by atoms with Crippen LogP contribution in [0.1, 0.15) is 23.7 Å². The van der Waals surface area contributed by atoms with E-state index in [1.165, 1.54) is 17.7 Å². The molecule has 0 fully saturated rings. The number of aromatic hydroxyl groups is 2. The minimum Gasteiger partial charge on any atom is -0.504 e. The van der Waals surface area contributed by atoms with Crippen molar-refractivity contribution in [3.05, 3.63) is 53.6 Å². The van der Waals surface area contributed by atoms with Crippen LogP contribution in [0.5, 0.6) is 17.2 Å². The number of methoxy groups -OCH3 is 1. The lowest BCUT2D eigenvalue weighted by atomic mass is 10.1. The molecule has 0 aliphatic carbocycles. The van der Waals surface area contributed by atoms with E-state index >= 15 is 0 Å². The Kier molecular flexibility index (Phi) is 10.00. The Balaban J connectivity index is 0.000000612. The molecule has 0 saturated carbocycles. The first-order valence-electron chi connectivity index (χ1n) is 8.74. The number of aliphatic hydroxyl groups excluding tert-OH is 1. The summed E-state index contributed by atoms with van der Waals surface area (Å²) in [6.07, 6.45) is 1.19. The second kappa shape index (κ2) is 12.2. The van der Waals surface area contributed by atoms with Gasteiger partial charge in [-0.1, -0.05) is 18.2 Å². The highest BCUT2D eigenvalue weighted by atomic mass is 16.5. The molecule has 0 bridgehead atoms. The van der Waals surface area contributed by atoms with Crippen molar-refractivity contribution >= 4 is 11.9 Å². The minimum absolute atomic E-state index is 0.187. The quantitative estimate of drug-likeness (QED) is 0.217. The van der Waals surface area contributed by atoms with E-state index < -0.39 is 18.0 Å². The van der Waals surface area contributed by atoms with Crippen molar-refractivity contribution in [1.82, 2.24) is 5.32 Å². The molecule has 0 spiro atoms. The third-order valence-electron chi connectivity index (χ3n) is 3.88. The van der Waals surface area contributed by atoms with Crippen LogP contribution >= 0.6 is 0 Å². The number of phenolic OH excluding ortho intramolecular Hbond substituents is 2. The average Bonchev–Trinajstić information content (AvgIpc) is 2.70. The fraction of sp³-hybridized carbons (Fsp3) is 0.300. The van der Waals surface area contributed by atoms with Gasteiger partial charge in [-0.3, -0.25) is 0 Å². The van der Waals surface area contributed by atoms with E-state index in [0.29, 0.717) is 12.1 Å². The number of carbonyl (C=O) groups is 2. The summed E-state index contributed by atoms with van der Waals surface area (Å²) < 4.78 is 5.12. The fourth-order valence-corrected chi connectivity index (χ4v) is 2.31. The van der Waals surface area contributed by atoms with E-state index in [9.17, 15) is 15.3 Å². The standard InChI is InChI=1S/C18H23NO4.C2H2O4/c1-23-15-7-4-13(5-8-15)3-2-10-19-12-18(22)14-6-9-16(20)17(21)11-14;3-1(4)2(5)6/h4-9,11,18-22H,2-3,10,12H2,1H3;(H,3,4)(H,5,6)/t18-;/m1./s1. The number of carboxylic acid groups (broad SMARTS) is 2. The lowest BCUT2D eigenvalue weighted by molar-refractivity contribution is -0.159. The smallest absolute Gasteiger partial charge is 0.414 e. The van der Waals surface area contributed by atoms with Gasteiger partial charge >= 0.3 is 11.9 Å². The van der Waals surface area contributed by atoms with Crippen LogP contribution in [0.2, 0.25) is 0 Å². The Morgan fingerprint density at radius 1 is 1.00 bits per heavy atom. The monoisotopic (exact) mass is 407 g/mol. The molecule has 158 valence electrons. The molecule has 6 N–H and O–H groups in total. The third kappa shape index (κ3) is 8.96. The SMILES string of the molecule is COc1ccc(CCCNC[C@@H](O)c2ccc(O)c(O)c2)cc1.O=C(O)C(=O)O. The Morgan fingerprint density at radius 3 is 2.14 bits per heavy atom. The second-order valence-electron chi connectivity index (χ2n) is 6.03. The number of aliphatic hydroxyl groups is 1. The van der Waals surface area contributed by atoms with Crippen LogP contribution in [-0.2, 0) is 16.0 Å². The molecular formula is C20H25NO8. The molecule has 0 radical (unpaired) electrons. The van der Waals surface area contributed by atoms with Crippen LogP contribution < -0.4 is 10.1 Å². The van der Waals surface area contributed by atoms with Crippen molar-refractivity contribution in [2.75, 3.05) is 20.2 Å². The van der Waals surface area contributed by atoms with Gasteiger partial charge in [-0.2, -0.15) is 0 Å². The third-order valence-corrected chi connectivity index (χ3v) is 3.88. The van der Waals surface area contributed by atoms with Gasteiger partial charge in [0.25, 0.3) is 0 Å². The molecule has 1 atom stereocenters. The molecule has 2 rings (SSSR count). The largest absolute Gasteiger partial charge is 0.504 e. The summed E-state index contributed by atoms with van der Waals surface area (Å²) in [6.45, 7) is 1.18. The second-order valence-corrected chi connectivity index (χ2v) is 6.03. The maximum atomic E-state index is 10.0. The van der Waals surface area contributed by atoms with Crippen LogP contribution in [0.25, 0.3) is 0 Å². The highest BCUT2D eigenvalue weighted by molar-refractivity contribution is 6.27. The number of aryl methyl sites for hydroxylation is 1. The average molecular weight is 407 g/mol. The van der Waals surface area contributed by atoms with Crippen molar-refractivity contribution in [1.29, 1.82) is 0 Å². The molecule has 0 saturated heterocycles. The van der Waals surface area contributed by atoms with Gasteiger partial charge in [-0.25, -0.2) is 9.59 Å². The van der Waals surface area contributed by atoms with Crippen molar-refractivity contribution < 1.29 is 39.9 Å². The zero-order chi connectivity index (χ0) is 21.8. The number of hydrogen-bond donors (Lipinski definition) is 6. The molecule has 0 heterocycles.